The lowest BCUT2D eigenvalue weighted by atomic mass is 10.1. The van der Waals surface area contributed by atoms with Gasteiger partial charge in [-0.25, -0.2) is 14.3 Å². The third-order valence-corrected chi connectivity index (χ3v) is 4.79. The lowest BCUT2D eigenvalue weighted by Crippen LogP contribution is -2.06. The molecule has 25 heavy (non-hydrogen) atoms. The molecule has 0 N–H and O–H groups in total. The summed E-state index contributed by atoms with van der Waals surface area (Å²) in [4.78, 5) is 17.4. The van der Waals surface area contributed by atoms with Crippen molar-refractivity contribution in [1.29, 1.82) is 0 Å². The second kappa shape index (κ2) is 7.06. The predicted molar refractivity (Wildman–Crippen MR) is 97.9 cm³/mol. The average molecular weight is 357 g/mol. The fourth-order valence-electron chi connectivity index (χ4n) is 2.55. The van der Waals surface area contributed by atoms with Gasteiger partial charge in [0, 0.05) is 5.56 Å². The highest BCUT2D eigenvalue weighted by Gasteiger charge is 2.21. The molecule has 1 aromatic carbocycles. The van der Waals surface area contributed by atoms with E-state index in [-0.39, 0.29) is 5.97 Å². The summed E-state index contributed by atoms with van der Waals surface area (Å²) in [5.41, 5.74) is 2.91. The van der Waals surface area contributed by atoms with Crippen molar-refractivity contribution in [3.05, 3.63) is 41.7 Å². The average Bonchev–Trinajstić information content (AvgIpc) is 3.19. The molecule has 0 atom stereocenters. The highest BCUT2D eigenvalue weighted by Crippen LogP contribution is 2.30. The Labute approximate surface area is 149 Å². The molecule has 2 heterocycles. The minimum Gasteiger partial charge on any atom is -0.497 e. The molecule has 0 saturated carbocycles. The number of aromatic nitrogens is 3. The van der Waals surface area contributed by atoms with Gasteiger partial charge in [0.15, 0.2) is 0 Å². The largest absolute Gasteiger partial charge is 0.497 e. The SMILES string of the molecule is CCC=C(C(=O)OC)c1nc2sc(-c3ccc(OC)cc3)nn2c1C. The van der Waals surface area contributed by atoms with Gasteiger partial charge in [-0.05, 0) is 37.6 Å². The second-order valence-corrected chi connectivity index (χ2v) is 6.35. The lowest BCUT2D eigenvalue weighted by Gasteiger charge is -2.03. The quantitative estimate of drug-likeness (QED) is 0.514. The molecule has 6 nitrogen and oxygen atoms in total. The molecular weight excluding hydrogens is 338 g/mol. The molecule has 0 bridgehead atoms. The summed E-state index contributed by atoms with van der Waals surface area (Å²) < 4.78 is 11.8. The van der Waals surface area contributed by atoms with E-state index in [0.29, 0.717) is 11.3 Å². The highest BCUT2D eigenvalue weighted by atomic mass is 32.1. The number of esters is 1. The van der Waals surface area contributed by atoms with E-state index < -0.39 is 0 Å². The standard InChI is InChI=1S/C18H19N3O3S/c1-5-6-14(17(22)24-4)15-11(2)21-18(19-15)25-16(20-21)12-7-9-13(23-3)10-8-12/h6-10H,5H2,1-4H3. The molecule has 3 aromatic rings. The first-order valence-corrected chi connectivity index (χ1v) is 8.70. The van der Waals surface area contributed by atoms with Crippen molar-refractivity contribution in [2.24, 2.45) is 0 Å². The van der Waals surface area contributed by atoms with Crippen molar-refractivity contribution in [2.75, 3.05) is 14.2 Å². The van der Waals surface area contributed by atoms with Crippen LogP contribution in [0.2, 0.25) is 0 Å². The molecule has 2 aromatic heterocycles. The fourth-order valence-corrected chi connectivity index (χ4v) is 3.50. The Kier molecular flexibility index (Phi) is 4.85. The summed E-state index contributed by atoms with van der Waals surface area (Å²) >= 11 is 1.47. The van der Waals surface area contributed by atoms with Crippen LogP contribution in [0.25, 0.3) is 21.1 Å². The van der Waals surface area contributed by atoms with Crippen molar-refractivity contribution in [3.8, 4) is 16.3 Å². The zero-order valence-electron chi connectivity index (χ0n) is 14.6. The molecule has 0 unspecified atom stereocenters. The number of carbonyl (C=O) groups excluding carboxylic acids is 1. The first-order chi connectivity index (χ1) is 12.1. The van der Waals surface area contributed by atoms with E-state index in [0.717, 1.165) is 33.4 Å². The summed E-state index contributed by atoms with van der Waals surface area (Å²) in [6.07, 6.45) is 2.55. The zero-order valence-corrected chi connectivity index (χ0v) is 15.4. The summed E-state index contributed by atoms with van der Waals surface area (Å²) in [5, 5.41) is 5.50. The molecule has 0 saturated heterocycles. The number of fused-ring (bicyclic) bond motifs is 1. The molecule has 0 aliphatic carbocycles. The van der Waals surface area contributed by atoms with Gasteiger partial charge < -0.3 is 9.47 Å². The number of hydrogen-bond acceptors (Lipinski definition) is 6. The Morgan fingerprint density at radius 3 is 2.56 bits per heavy atom. The Morgan fingerprint density at radius 2 is 2.00 bits per heavy atom. The van der Waals surface area contributed by atoms with Gasteiger partial charge >= 0.3 is 5.97 Å². The van der Waals surface area contributed by atoms with Gasteiger partial charge in [0.05, 0.1) is 25.5 Å². The second-order valence-electron chi connectivity index (χ2n) is 5.39. The summed E-state index contributed by atoms with van der Waals surface area (Å²) in [5.74, 6) is 0.419. The normalized spacial score (nSPS) is 11.8. The number of allylic oxidation sites excluding steroid dienone is 1. The van der Waals surface area contributed by atoms with Crippen LogP contribution in [0, 0.1) is 6.92 Å². The molecule has 0 aliphatic heterocycles. The van der Waals surface area contributed by atoms with Crippen LogP contribution in [0.15, 0.2) is 30.3 Å². The Bertz CT molecular complexity index is 939. The number of ether oxygens (including phenoxy) is 2. The highest BCUT2D eigenvalue weighted by molar-refractivity contribution is 7.19. The van der Waals surface area contributed by atoms with Crippen molar-refractivity contribution < 1.29 is 14.3 Å². The summed E-state index contributed by atoms with van der Waals surface area (Å²) in [7, 11) is 3.01. The molecule has 0 spiro atoms. The topological polar surface area (TPSA) is 65.7 Å². The molecule has 3 rings (SSSR count). The van der Waals surface area contributed by atoms with Gasteiger partial charge in [-0.3, -0.25) is 0 Å². The Balaban J connectivity index is 2.03. The number of rotatable bonds is 5. The molecule has 0 fully saturated rings. The minimum atomic E-state index is -0.383. The molecule has 130 valence electrons. The van der Waals surface area contributed by atoms with E-state index in [2.05, 4.69) is 10.1 Å². The van der Waals surface area contributed by atoms with E-state index in [1.165, 1.54) is 18.4 Å². The van der Waals surface area contributed by atoms with E-state index >= 15 is 0 Å². The maximum atomic E-state index is 12.0. The number of carbonyl (C=O) groups is 1. The maximum Gasteiger partial charge on any atom is 0.339 e. The van der Waals surface area contributed by atoms with Crippen molar-refractivity contribution in [3.63, 3.8) is 0 Å². The number of imidazole rings is 1. The summed E-state index contributed by atoms with van der Waals surface area (Å²) in [6, 6.07) is 7.72. The molecule has 0 aliphatic rings. The predicted octanol–water partition coefficient (Wildman–Crippen LogP) is 3.74. The minimum absolute atomic E-state index is 0.383. The van der Waals surface area contributed by atoms with Crippen LogP contribution in [-0.2, 0) is 9.53 Å². The van der Waals surface area contributed by atoms with E-state index in [1.807, 2.05) is 44.2 Å². The third kappa shape index (κ3) is 3.15. The van der Waals surface area contributed by atoms with Gasteiger partial charge in [-0.15, -0.1) is 0 Å². The van der Waals surface area contributed by atoms with Crippen molar-refractivity contribution in [1.82, 2.24) is 14.6 Å². The molecule has 0 amide bonds. The van der Waals surface area contributed by atoms with Crippen molar-refractivity contribution >= 4 is 27.8 Å². The number of hydrogen-bond donors (Lipinski definition) is 0. The number of methoxy groups -OCH3 is 2. The summed E-state index contributed by atoms with van der Waals surface area (Å²) in [6.45, 7) is 3.87. The van der Waals surface area contributed by atoms with Gasteiger partial charge in [0.2, 0.25) is 4.96 Å². The van der Waals surface area contributed by atoms with Crippen LogP contribution in [0.4, 0.5) is 0 Å². The van der Waals surface area contributed by atoms with Crippen LogP contribution in [-0.4, -0.2) is 34.8 Å². The fraction of sp³-hybridized carbons (Fsp3) is 0.278. The van der Waals surface area contributed by atoms with Gasteiger partial charge in [-0.2, -0.15) is 5.10 Å². The van der Waals surface area contributed by atoms with Crippen LogP contribution in [0.5, 0.6) is 5.75 Å². The monoisotopic (exact) mass is 357 g/mol. The molecule has 7 heteroatoms. The zero-order chi connectivity index (χ0) is 18.0. The van der Waals surface area contributed by atoms with Gasteiger partial charge in [-0.1, -0.05) is 24.3 Å². The third-order valence-electron chi connectivity index (χ3n) is 3.83. The van der Waals surface area contributed by atoms with Gasteiger partial charge in [0.25, 0.3) is 0 Å². The Morgan fingerprint density at radius 1 is 1.28 bits per heavy atom. The number of nitrogens with zero attached hydrogens (tertiary/aromatic N) is 3. The molecular formula is C18H19N3O3S. The van der Waals surface area contributed by atoms with Gasteiger partial charge in [0.1, 0.15) is 16.5 Å². The number of benzene rings is 1. The van der Waals surface area contributed by atoms with E-state index in [1.54, 1.807) is 11.6 Å². The van der Waals surface area contributed by atoms with Crippen LogP contribution < -0.4 is 4.74 Å². The van der Waals surface area contributed by atoms with E-state index in [4.69, 9.17) is 9.47 Å². The first-order valence-electron chi connectivity index (χ1n) is 7.88. The maximum absolute atomic E-state index is 12.0. The smallest absolute Gasteiger partial charge is 0.339 e. The lowest BCUT2D eigenvalue weighted by molar-refractivity contribution is -0.133. The first kappa shape index (κ1) is 17.2. The van der Waals surface area contributed by atoms with Crippen molar-refractivity contribution in [2.45, 2.75) is 20.3 Å². The number of aryl methyl sites for hydroxylation is 1. The molecule has 0 radical (unpaired) electrons. The van der Waals surface area contributed by atoms with E-state index in [9.17, 15) is 4.79 Å². The Hall–Kier alpha value is -2.67. The van der Waals surface area contributed by atoms with Crippen LogP contribution in [0.1, 0.15) is 24.7 Å². The van der Waals surface area contributed by atoms with Crippen LogP contribution >= 0.6 is 11.3 Å². The van der Waals surface area contributed by atoms with Crippen LogP contribution in [0.3, 0.4) is 0 Å².